The van der Waals surface area contributed by atoms with Crippen molar-refractivity contribution in [2.45, 2.75) is 0 Å². The molecule has 82 valence electrons. The van der Waals surface area contributed by atoms with Gasteiger partial charge in [0.15, 0.2) is 0 Å². The van der Waals surface area contributed by atoms with Crippen molar-refractivity contribution in [2.75, 3.05) is 5.73 Å². The number of carboxylic acids is 1. The molecule has 3 N–H and O–H groups in total. The third-order valence-electron chi connectivity index (χ3n) is 2.05. The zero-order valence-corrected chi connectivity index (χ0v) is 9.68. The largest absolute Gasteiger partial charge is 0.478 e. The van der Waals surface area contributed by atoms with Crippen LogP contribution in [0.3, 0.4) is 0 Å². The van der Waals surface area contributed by atoms with Crippen LogP contribution in [0.4, 0.5) is 5.69 Å². The molecule has 2 aromatic rings. The Morgan fingerprint density at radius 3 is 2.81 bits per heavy atom. The Morgan fingerprint density at radius 1 is 1.50 bits per heavy atom. The summed E-state index contributed by atoms with van der Waals surface area (Å²) < 4.78 is 2.26. The number of halogens is 1. The normalized spacial score (nSPS) is 10.3. The highest BCUT2D eigenvalue weighted by Gasteiger charge is 2.12. The second-order valence-electron chi connectivity index (χ2n) is 3.18. The number of nitrogens with two attached hydrogens (primary N) is 1. The molecule has 0 aliphatic carbocycles. The molecular weight excluding hydrogens is 274 g/mol. The molecule has 0 atom stereocenters. The Hall–Kier alpha value is -1.82. The summed E-state index contributed by atoms with van der Waals surface area (Å²) >= 11 is 3.25. The topological polar surface area (TPSA) is 81.1 Å². The second-order valence-corrected chi connectivity index (χ2v) is 4.10. The lowest BCUT2D eigenvalue weighted by Crippen LogP contribution is -2.06. The number of aromatic nitrogens is 2. The SMILES string of the molecule is Nc1ccc(-n2cc(Br)cn2)c(C(=O)O)c1. The van der Waals surface area contributed by atoms with Crippen molar-refractivity contribution in [2.24, 2.45) is 0 Å². The van der Waals surface area contributed by atoms with E-state index >= 15 is 0 Å². The second kappa shape index (κ2) is 3.97. The van der Waals surface area contributed by atoms with Crippen molar-refractivity contribution in [1.82, 2.24) is 9.78 Å². The molecule has 0 amide bonds. The molecule has 5 nitrogen and oxygen atoms in total. The summed E-state index contributed by atoms with van der Waals surface area (Å²) in [6.07, 6.45) is 3.26. The summed E-state index contributed by atoms with van der Waals surface area (Å²) in [6.45, 7) is 0. The van der Waals surface area contributed by atoms with Gasteiger partial charge in [0.25, 0.3) is 0 Å². The van der Waals surface area contributed by atoms with Gasteiger partial charge in [0.1, 0.15) is 0 Å². The number of nitrogens with zero attached hydrogens (tertiary/aromatic N) is 2. The van der Waals surface area contributed by atoms with Gasteiger partial charge in [-0.05, 0) is 34.1 Å². The lowest BCUT2D eigenvalue weighted by molar-refractivity contribution is 0.0697. The zero-order valence-electron chi connectivity index (χ0n) is 8.09. The predicted molar refractivity (Wildman–Crippen MR) is 62.6 cm³/mol. The smallest absolute Gasteiger partial charge is 0.337 e. The third-order valence-corrected chi connectivity index (χ3v) is 2.46. The molecule has 0 saturated carbocycles. The van der Waals surface area contributed by atoms with E-state index in [-0.39, 0.29) is 5.56 Å². The van der Waals surface area contributed by atoms with E-state index in [0.29, 0.717) is 11.4 Å². The Balaban J connectivity index is 2.60. The van der Waals surface area contributed by atoms with Gasteiger partial charge in [-0.2, -0.15) is 5.10 Å². The number of aromatic carboxylic acids is 1. The molecule has 1 aromatic heterocycles. The summed E-state index contributed by atoms with van der Waals surface area (Å²) in [6, 6.07) is 4.67. The zero-order chi connectivity index (χ0) is 11.7. The highest BCUT2D eigenvalue weighted by atomic mass is 79.9. The van der Waals surface area contributed by atoms with Gasteiger partial charge in [-0.15, -0.1) is 0 Å². The lowest BCUT2D eigenvalue weighted by Gasteiger charge is -2.06. The monoisotopic (exact) mass is 281 g/mol. The maximum Gasteiger partial charge on any atom is 0.337 e. The average Bonchev–Trinajstić information content (AvgIpc) is 2.64. The van der Waals surface area contributed by atoms with Crippen LogP contribution in [-0.2, 0) is 0 Å². The number of hydrogen-bond donors (Lipinski definition) is 2. The van der Waals surface area contributed by atoms with Crippen LogP contribution in [-0.4, -0.2) is 20.9 Å². The van der Waals surface area contributed by atoms with Crippen molar-refractivity contribution < 1.29 is 9.90 Å². The van der Waals surface area contributed by atoms with Gasteiger partial charge in [-0.1, -0.05) is 0 Å². The van der Waals surface area contributed by atoms with Gasteiger partial charge in [0, 0.05) is 11.9 Å². The third kappa shape index (κ3) is 1.92. The van der Waals surface area contributed by atoms with Crippen LogP contribution < -0.4 is 5.73 Å². The lowest BCUT2D eigenvalue weighted by atomic mass is 10.1. The van der Waals surface area contributed by atoms with E-state index in [1.807, 2.05) is 0 Å². The first kappa shape index (κ1) is 10.7. The fourth-order valence-corrected chi connectivity index (χ4v) is 1.64. The minimum atomic E-state index is -1.03. The summed E-state index contributed by atoms with van der Waals surface area (Å²) in [4.78, 5) is 11.0. The number of rotatable bonds is 2. The minimum Gasteiger partial charge on any atom is -0.478 e. The van der Waals surface area contributed by atoms with Gasteiger partial charge < -0.3 is 10.8 Å². The molecule has 1 aromatic carbocycles. The van der Waals surface area contributed by atoms with Crippen molar-refractivity contribution in [3.63, 3.8) is 0 Å². The number of carbonyl (C=O) groups is 1. The van der Waals surface area contributed by atoms with Crippen LogP contribution >= 0.6 is 15.9 Å². The maximum atomic E-state index is 11.0. The van der Waals surface area contributed by atoms with Gasteiger partial charge >= 0.3 is 5.97 Å². The highest BCUT2D eigenvalue weighted by Crippen LogP contribution is 2.19. The fraction of sp³-hybridized carbons (Fsp3) is 0. The van der Waals surface area contributed by atoms with Crippen molar-refractivity contribution in [1.29, 1.82) is 0 Å². The highest BCUT2D eigenvalue weighted by molar-refractivity contribution is 9.10. The first-order valence-electron chi connectivity index (χ1n) is 4.41. The Labute approximate surface area is 99.6 Å². The van der Waals surface area contributed by atoms with Crippen LogP contribution in [0.2, 0.25) is 0 Å². The molecular formula is C10H8BrN3O2. The first-order chi connectivity index (χ1) is 7.58. The maximum absolute atomic E-state index is 11.0. The van der Waals surface area contributed by atoms with Crippen LogP contribution in [0.15, 0.2) is 35.1 Å². The molecule has 0 aliphatic heterocycles. The Morgan fingerprint density at radius 2 is 2.25 bits per heavy atom. The fourth-order valence-electron chi connectivity index (χ4n) is 1.36. The number of benzene rings is 1. The molecule has 1 heterocycles. The molecule has 0 radical (unpaired) electrons. The predicted octanol–water partition coefficient (Wildman–Crippen LogP) is 1.92. The number of nitrogen functional groups attached to an aromatic ring is 1. The van der Waals surface area contributed by atoms with E-state index in [4.69, 9.17) is 10.8 Å². The average molecular weight is 282 g/mol. The summed E-state index contributed by atoms with van der Waals surface area (Å²) in [5, 5.41) is 13.1. The van der Waals surface area contributed by atoms with Gasteiger partial charge in [-0.25, -0.2) is 9.48 Å². The van der Waals surface area contributed by atoms with E-state index in [9.17, 15) is 4.79 Å². The Bertz CT molecular complexity index is 551. The van der Waals surface area contributed by atoms with Crippen molar-refractivity contribution in [3.8, 4) is 5.69 Å². The van der Waals surface area contributed by atoms with E-state index in [1.165, 1.54) is 10.7 Å². The van der Waals surface area contributed by atoms with Crippen LogP contribution in [0.5, 0.6) is 0 Å². The van der Waals surface area contributed by atoms with Gasteiger partial charge in [0.2, 0.25) is 0 Å². The molecule has 16 heavy (non-hydrogen) atoms. The van der Waals surface area contributed by atoms with Crippen molar-refractivity contribution in [3.05, 3.63) is 40.6 Å². The molecule has 0 spiro atoms. The number of anilines is 1. The van der Waals surface area contributed by atoms with E-state index in [0.717, 1.165) is 4.47 Å². The molecule has 0 bridgehead atoms. The summed E-state index contributed by atoms with van der Waals surface area (Å²) in [5.74, 6) is -1.03. The van der Waals surface area contributed by atoms with E-state index in [1.54, 1.807) is 24.5 Å². The van der Waals surface area contributed by atoms with Gasteiger partial charge in [-0.3, -0.25) is 0 Å². The molecule has 6 heteroatoms. The van der Waals surface area contributed by atoms with Crippen LogP contribution in [0.1, 0.15) is 10.4 Å². The van der Waals surface area contributed by atoms with Crippen LogP contribution in [0.25, 0.3) is 5.69 Å². The summed E-state index contributed by atoms with van der Waals surface area (Å²) in [7, 11) is 0. The van der Waals surface area contributed by atoms with E-state index < -0.39 is 5.97 Å². The molecule has 0 unspecified atom stereocenters. The Kier molecular flexibility index (Phi) is 2.66. The standard InChI is InChI=1S/C10H8BrN3O2/c11-6-4-13-14(5-6)9-2-1-7(12)3-8(9)10(15)16/h1-5H,12H2,(H,15,16). The van der Waals surface area contributed by atoms with Crippen molar-refractivity contribution >= 4 is 27.6 Å². The first-order valence-corrected chi connectivity index (χ1v) is 5.20. The molecule has 0 fully saturated rings. The number of hydrogen-bond acceptors (Lipinski definition) is 3. The quantitative estimate of drug-likeness (QED) is 0.824. The molecule has 0 saturated heterocycles. The van der Waals surface area contributed by atoms with E-state index in [2.05, 4.69) is 21.0 Å². The number of carboxylic acid groups (broad SMARTS) is 1. The molecule has 2 rings (SSSR count). The van der Waals surface area contributed by atoms with Crippen LogP contribution in [0, 0.1) is 0 Å². The summed E-state index contributed by atoms with van der Waals surface area (Å²) in [5.41, 5.74) is 6.56. The van der Waals surface area contributed by atoms with Gasteiger partial charge in [0.05, 0.1) is 21.9 Å². The molecule has 0 aliphatic rings. The minimum absolute atomic E-state index is 0.121.